The van der Waals surface area contributed by atoms with Crippen molar-refractivity contribution >= 4 is 16.7 Å². The van der Waals surface area contributed by atoms with Crippen molar-refractivity contribution < 1.29 is 15.0 Å². The first-order valence-corrected chi connectivity index (χ1v) is 7.38. The van der Waals surface area contributed by atoms with Crippen LogP contribution in [0.2, 0.25) is 0 Å². The van der Waals surface area contributed by atoms with Crippen molar-refractivity contribution in [3.05, 3.63) is 47.8 Å². The van der Waals surface area contributed by atoms with Crippen molar-refractivity contribution in [2.24, 2.45) is 5.92 Å². The van der Waals surface area contributed by atoms with Crippen LogP contribution in [0.5, 0.6) is 5.75 Å². The Kier molecular flexibility index (Phi) is 3.73. The van der Waals surface area contributed by atoms with E-state index in [0.717, 1.165) is 5.39 Å². The van der Waals surface area contributed by atoms with E-state index in [-0.39, 0.29) is 17.4 Å². The number of aromatic carboxylic acids is 1. The lowest BCUT2D eigenvalue weighted by atomic mass is 10.0. The van der Waals surface area contributed by atoms with Crippen molar-refractivity contribution in [1.29, 1.82) is 0 Å². The Labute approximate surface area is 133 Å². The zero-order chi connectivity index (χ0) is 16.6. The number of fused-ring (bicyclic) bond motifs is 1. The number of aromatic nitrogens is 3. The first kappa shape index (κ1) is 15.0. The Hall–Kier alpha value is -2.89. The molecule has 0 bridgehead atoms. The summed E-state index contributed by atoms with van der Waals surface area (Å²) in [5, 5.41) is 28.7. The minimum Gasteiger partial charge on any atom is -0.507 e. The number of hydrogen-bond donors (Lipinski definition) is 2. The van der Waals surface area contributed by atoms with Crippen LogP contribution in [0.25, 0.3) is 16.5 Å². The van der Waals surface area contributed by atoms with Crippen LogP contribution in [0, 0.1) is 5.92 Å². The van der Waals surface area contributed by atoms with Gasteiger partial charge < -0.3 is 10.2 Å². The molecule has 0 saturated carbocycles. The van der Waals surface area contributed by atoms with Crippen molar-refractivity contribution in [1.82, 2.24) is 15.0 Å². The molecular formula is C17H17N3O3. The van der Waals surface area contributed by atoms with Gasteiger partial charge in [0.05, 0.1) is 11.4 Å². The van der Waals surface area contributed by atoms with Gasteiger partial charge >= 0.3 is 5.97 Å². The van der Waals surface area contributed by atoms with Gasteiger partial charge in [-0.25, -0.2) is 9.48 Å². The number of benzene rings is 2. The summed E-state index contributed by atoms with van der Waals surface area (Å²) in [6.07, 6.45) is 0.545. The molecule has 0 aliphatic carbocycles. The fourth-order valence-electron chi connectivity index (χ4n) is 2.69. The first-order chi connectivity index (χ1) is 11.0. The number of nitrogens with zero attached hydrogens (tertiary/aromatic N) is 3. The Balaban J connectivity index is 2.27. The van der Waals surface area contributed by atoms with Crippen molar-refractivity contribution in [2.45, 2.75) is 20.3 Å². The highest BCUT2D eigenvalue weighted by Crippen LogP contribution is 2.30. The summed E-state index contributed by atoms with van der Waals surface area (Å²) in [5.41, 5.74) is 1.23. The zero-order valence-electron chi connectivity index (χ0n) is 12.9. The third kappa shape index (κ3) is 2.63. The highest BCUT2D eigenvalue weighted by Gasteiger charge is 2.21. The average molecular weight is 311 g/mol. The third-order valence-corrected chi connectivity index (χ3v) is 3.67. The normalized spacial score (nSPS) is 11.3. The molecule has 3 rings (SSSR count). The van der Waals surface area contributed by atoms with Gasteiger partial charge in [0, 0.05) is 10.8 Å². The molecule has 0 aliphatic rings. The van der Waals surface area contributed by atoms with Crippen LogP contribution < -0.4 is 0 Å². The Morgan fingerprint density at radius 3 is 2.57 bits per heavy atom. The molecular weight excluding hydrogens is 294 g/mol. The van der Waals surface area contributed by atoms with Gasteiger partial charge in [-0.3, -0.25) is 0 Å². The maximum atomic E-state index is 11.4. The van der Waals surface area contributed by atoms with Gasteiger partial charge in [0.2, 0.25) is 0 Å². The molecule has 2 N–H and O–H groups in total. The fraction of sp³-hybridized carbons (Fsp3) is 0.235. The predicted octanol–water partition coefficient (Wildman–Crippen LogP) is 3.02. The van der Waals surface area contributed by atoms with E-state index >= 15 is 0 Å². The number of phenolic OH excluding ortho intramolecular Hbond substituents is 1. The number of rotatable bonds is 4. The van der Waals surface area contributed by atoms with E-state index in [1.54, 1.807) is 22.9 Å². The fourth-order valence-corrected chi connectivity index (χ4v) is 2.69. The molecule has 0 aliphatic heterocycles. The third-order valence-electron chi connectivity index (χ3n) is 3.67. The van der Waals surface area contributed by atoms with E-state index in [1.807, 2.05) is 32.0 Å². The Morgan fingerprint density at radius 1 is 1.17 bits per heavy atom. The SMILES string of the molecule is CC(C)Cc1c(C(=O)O)nnn1-c1cccc2c(O)cccc12. The second kappa shape index (κ2) is 5.72. The smallest absolute Gasteiger partial charge is 0.358 e. The van der Waals surface area contributed by atoms with Crippen LogP contribution in [0.1, 0.15) is 30.0 Å². The van der Waals surface area contributed by atoms with Gasteiger partial charge in [0.15, 0.2) is 5.69 Å². The lowest BCUT2D eigenvalue weighted by molar-refractivity contribution is 0.0689. The first-order valence-electron chi connectivity index (χ1n) is 7.38. The molecule has 0 atom stereocenters. The second-order valence-electron chi connectivity index (χ2n) is 5.85. The van der Waals surface area contributed by atoms with Crippen LogP contribution in [0.4, 0.5) is 0 Å². The predicted molar refractivity (Wildman–Crippen MR) is 86.0 cm³/mol. The van der Waals surface area contributed by atoms with Gasteiger partial charge in [-0.15, -0.1) is 5.10 Å². The molecule has 0 unspecified atom stereocenters. The number of carbonyl (C=O) groups is 1. The molecule has 0 radical (unpaired) electrons. The summed E-state index contributed by atoms with van der Waals surface area (Å²) in [5.74, 6) is -0.656. The lowest BCUT2D eigenvalue weighted by Gasteiger charge is -2.12. The van der Waals surface area contributed by atoms with Gasteiger partial charge in [0.25, 0.3) is 0 Å². The van der Waals surface area contributed by atoms with Crippen LogP contribution >= 0.6 is 0 Å². The molecule has 0 fully saturated rings. The van der Waals surface area contributed by atoms with E-state index in [0.29, 0.717) is 23.2 Å². The number of carboxylic acids is 1. The summed E-state index contributed by atoms with van der Waals surface area (Å²) >= 11 is 0. The molecule has 0 amide bonds. The summed E-state index contributed by atoms with van der Waals surface area (Å²) in [6.45, 7) is 4.02. The minimum atomic E-state index is -1.09. The van der Waals surface area contributed by atoms with E-state index in [2.05, 4.69) is 10.3 Å². The van der Waals surface area contributed by atoms with E-state index in [1.165, 1.54) is 0 Å². The Morgan fingerprint density at radius 2 is 1.87 bits per heavy atom. The van der Waals surface area contributed by atoms with Gasteiger partial charge in [-0.2, -0.15) is 0 Å². The minimum absolute atomic E-state index is 0.0316. The largest absolute Gasteiger partial charge is 0.507 e. The summed E-state index contributed by atoms with van der Waals surface area (Å²) in [7, 11) is 0. The molecule has 23 heavy (non-hydrogen) atoms. The number of phenols is 1. The molecule has 6 nitrogen and oxygen atoms in total. The maximum absolute atomic E-state index is 11.4. The average Bonchev–Trinajstić information content (AvgIpc) is 2.90. The maximum Gasteiger partial charge on any atom is 0.358 e. The molecule has 118 valence electrons. The summed E-state index contributed by atoms with van der Waals surface area (Å²) in [6, 6.07) is 10.7. The molecule has 1 aromatic heterocycles. The summed E-state index contributed by atoms with van der Waals surface area (Å²) in [4.78, 5) is 11.4. The summed E-state index contributed by atoms with van der Waals surface area (Å²) < 4.78 is 1.56. The van der Waals surface area contributed by atoms with Gasteiger partial charge in [0.1, 0.15) is 5.75 Å². The van der Waals surface area contributed by atoms with Gasteiger partial charge in [-0.1, -0.05) is 43.3 Å². The lowest BCUT2D eigenvalue weighted by Crippen LogP contribution is -2.10. The van der Waals surface area contributed by atoms with Gasteiger partial charge in [-0.05, 0) is 24.5 Å². The highest BCUT2D eigenvalue weighted by molar-refractivity contribution is 5.94. The van der Waals surface area contributed by atoms with Crippen LogP contribution in [-0.4, -0.2) is 31.2 Å². The molecule has 0 spiro atoms. The quantitative estimate of drug-likeness (QED) is 0.773. The molecule has 0 saturated heterocycles. The number of carboxylic acid groups (broad SMARTS) is 1. The van der Waals surface area contributed by atoms with Crippen molar-refractivity contribution in [3.8, 4) is 11.4 Å². The monoisotopic (exact) mass is 311 g/mol. The van der Waals surface area contributed by atoms with Crippen molar-refractivity contribution in [2.75, 3.05) is 0 Å². The standard InChI is InChI=1S/C17H17N3O3/c1-10(2)9-14-16(17(22)23)18-19-20(14)13-7-3-6-12-11(13)5-4-8-15(12)21/h3-8,10,21H,9H2,1-2H3,(H,22,23). The molecule has 3 aromatic rings. The van der Waals surface area contributed by atoms with Crippen molar-refractivity contribution in [3.63, 3.8) is 0 Å². The molecule has 2 aromatic carbocycles. The topological polar surface area (TPSA) is 88.2 Å². The highest BCUT2D eigenvalue weighted by atomic mass is 16.4. The van der Waals surface area contributed by atoms with E-state index in [9.17, 15) is 15.0 Å². The molecule has 6 heteroatoms. The van der Waals surface area contributed by atoms with Crippen LogP contribution in [0.15, 0.2) is 36.4 Å². The zero-order valence-corrected chi connectivity index (χ0v) is 12.9. The van der Waals surface area contributed by atoms with Crippen LogP contribution in [-0.2, 0) is 6.42 Å². The van der Waals surface area contributed by atoms with Crippen LogP contribution in [0.3, 0.4) is 0 Å². The Bertz CT molecular complexity index is 884. The molecule has 1 heterocycles. The number of hydrogen-bond acceptors (Lipinski definition) is 4. The van der Waals surface area contributed by atoms with E-state index < -0.39 is 5.97 Å². The number of aromatic hydroxyl groups is 1. The van der Waals surface area contributed by atoms with E-state index in [4.69, 9.17) is 0 Å². The second-order valence-corrected chi connectivity index (χ2v) is 5.85.